The highest BCUT2D eigenvalue weighted by atomic mass is 16.5. The number of morpholine rings is 1. The number of pyridine rings is 1. The molecular formula is C20H18N4O2. The Labute approximate surface area is 151 Å². The van der Waals surface area contributed by atoms with E-state index in [9.17, 15) is 0 Å². The van der Waals surface area contributed by atoms with Crippen LogP contribution in [0.3, 0.4) is 0 Å². The lowest BCUT2D eigenvalue weighted by atomic mass is 9.98. The molecule has 4 heterocycles. The summed E-state index contributed by atoms with van der Waals surface area (Å²) in [5, 5.41) is 0. The summed E-state index contributed by atoms with van der Waals surface area (Å²) < 4.78 is 10.9. The van der Waals surface area contributed by atoms with Gasteiger partial charge in [-0.25, -0.2) is 9.97 Å². The quantitative estimate of drug-likeness (QED) is 0.730. The van der Waals surface area contributed by atoms with Gasteiger partial charge in [0.15, 0.2) is 12.2 Å². The highest BCUT2D eigenvalue weighted by molar-refractivity contribution is 6.15. The van der Waals surface area contributed by atoms with Crippen LogP contribution in [0.1, 0.15) is 16.7 Å². The molecule has 6 nitrogen and oxygen atoms in total. The summed E-state index contributed by atoms with van der Waals surface area (Å²) in [6.07, 6.45) is 5.05. The molecule has 3 aromatic rings. The predicted octanol–water partition coefficient (Wildman–Crippen LogP) is 2.92. The maximum Gasteiger partial charge on any atom is 0.181 e. The van der Waals surface area contributed by atoms with Crippen molar-refractivity contribution < 1.29 is 9.15 Å². The molecule has 6 heteroatoms. The molecule has 2 aliphatic rings. The molecule has 0 unspecified atom stereocenters. The number of aromatic nitrogens is 2. The Morgan fingerprint density at radius 3 is 2.77 bits per heavy atom. The Kier molecular flexibility index (Phi) is 3.75. The molecule has 2 aromatic heterocycles. The minimum atomic E-state index is 0.705. The fraction of sp³-hybridized carbons (Fsp3) is 0.250. The number of ether oxygens (including phenoxy) is 1. The largest absolute Gasteiger partial charge is 0.444 e. The first kappa shape index (κ1) is 15.3. The Morgan fingerprint density at radius 1 is 1.00 bits per heavy atom. The average molecular weight is 346 g/mol. The van der Waals surface area contributed by atoms with Gasteiger partial charge in [0, 0.05) is 36.0 Å². The molecule has 1 fully saturated rings. The van der Waals surface area contributed by atoms with Crippen molar-refractivity contribution in [1.29, 1.82) is 0 Å². The Morgan fingerprint density at radius 2 is 1.92 bits per heavy atom. The lowest BCUT2D eigenvalue weighted by Crippen LogP contribution is -2.36. The molecule has 2 aliphatic heterocycles. The fourth-order valence-corrected chi connectivity index (χ4v) is 3.47. The molecule has 26 heavy (non-hydrogen) atoms. The van der Waals surface area contributed by atoms with E-state index in [-0.39, 0.29) is 0 Å². The van der Waals surface area contributed by atoms with Crippen LogP contribution in [0.2, 0.25) is 0 Å². The smallest absolute Gasteiger partial charge is 0.181 e. The number of nitrogens with zero attached hydrogens (tertiary/aromatic N) is 4. The fourth-order valence-electron chi connectivity index (χ4n) is 3.47. The van der Waals surface area contributed by atoms with Crippen LogP contribution >= 0.6 is 0 Å². The van der Waals surface area contributed by atoms with Crippen molar-refractivity contribution in [3.05, 3.63) is 65.8 Å². The molecule has 0 atom stereocenters. The first-order chi connectivity index (χ1) is 12.9. The van der Waals surface area contributed by atoms with Gasteiger partial charge in [-0.2, -0.15) is 0 Å². The molecule has 1 aromatic carbocycles. The molecule has 130 valence electrons. The summed E-state index contributed by atoms with van der Waals surface area (Å²) in [5.74, 6) is 1.75. The molecule has 5 rings (SSSR count). The van der Waals surface area contributed by atoms with E-state index in [2.05, 4.69) is 39.1 Å². The van der Waals surface area contributed by atoms with E-state index in [0.29, 0.717) is 6.54 Å². The molecule has 0 aliphatic carbocycles. The monoisotopic (exact) mass is 346 g/mol. The van der Waals surface area contributed by atoms with Gasteiger partial charge in [0.2, 0.25) is 0 Å². The minimum absolute atomic E-state index is 0.705. The van der Waals surface area contributed by atoms with Gasteiger partial charge in [0.1, 0.15) is 5.82 Å². The molecule has 0 saturated carbocycles. The van der Waals surface area contributed by atoms with Crippen molar-refractivity contribution in [1.82, 2.24) is 9.97 Å². The third-order valence-corrected chi connectivity index (χ3v) is 4.84. The second kappa shape index (κ2) is 6.38. The molecule has 0 amide bonds. The second-order valence-electron chi connectivity index (χ2n) is 6.40. The first-order valence-corrected chi connectivity index (χ1v) is 8.74. The van der Waals surface area contributed by atoms with E-state index < -0.39 is 0 Å². The van der Waals surface area contributed by atoms with Crippen LogP contribution in [0.5, 0.6) is 0 Å². The van der Waals surface area contributed by atoms with Gasteiger partial charge in [0.05, 0.1) is 31.7 Å². The van der Waals surface area contributed by atoms with Crippen molar-refractivity contribution in [2.75, 3.05) is 31.2 Å². The lowest BCUT2D eigenvalue weighted by Gasteiger charge is -2.28. The second-order valence-corrected chi connectivity index (χ2v) is 6.40. The van der Waals surface area contributed by atoms with Gasteiger partial charge in [0.25, 0.3) is 0 Å². The number of hydrogen-bond donors (Lipinski definition) is 0. The van der Waals surface area contributed by atoms with Gasteiger partial charge in [-0.05, 0) is 23.8 Å². The van der Waals surface area contributed by atoms with E-state index in [1.165, 1.54) is 12.0 Å². The third kappa shape index (κ3) is 2.68. The Balaban J connectivity index is 1.50. The topological polar surface area (TPSA) is 63.8 Å². The van der Waals surface area contributed by atoms with Crippen molar-refractivity contribution in [3.8, 4) is 11.3 Å². The standard InChI is InChI=1S/C20H18N4O2/c1-2-16-11-23-20(17(16)9-14(1)18-12-21-13-26-18)15-3-4-22-19(10-15)24-5-7-25-8-6-24/h1-4,9-10,12-13H,5-8,11H2. The van der Waals surface area contributed by atoms with Crippen molar-refractivity contribution in [2.24, 2.45) is 4.99 Å². The van der Waals surface area contributed by atoms with Gasteiger partial charge in [-0.3, -0.25) is 4.99 Å². The number of anilines is 1. The van der Waals surface area contributed by atoms with Gasteiger partial charge in [-0.1, -0.05) is 12.1 Å². The number of aliphatic imine (C=N–C) groups is 1. The van der Waals surface area contributed by atoms with Crippen LogP contribution in [0.4, 0.5) is 5.82 Å². The van der Waals surface area contributed by atoms with E-state index in [4.69, 9.17) is 14.1 Å². The minimum Gasteiger partial charge on any atom is -0.444 e. The third-order valence-electron chi connectivity index (χ3n) is 4.84. The van der Waals surface area contributed by atoms with Crippen LogP contribution in [0.25, 0.3) is 11.3 Å². The van der Waals surface area contributed by atoms with Crippen molar-refractivity contribution in [3.63, 3.8) is 0 Å². The molecule has 1 saturated heterocycles. The SMILES string of the molecule is c1cc(C2=NCc3ccc(-c4cnco4)cc32)cc(N2CCOCC2)n1. The Bertz CT molecular complexity index is 960. The van der Waals surface area contributed by atoms with Crippen LogP contribution in [0, 0.1) is 0 Å². The number of benzene rings is 1. The molecule has 0 N–H and O–H groups in total. The molecule has 0 bridgehead atoms. The van der Waals surface area contributed by atoms with Crippen LogP contribution < -0.4 is 4.90 Å². The Hall–Kier alpha value is -2.99. The summed E-state index contributed by atoms with van der Waals surface area (Å²) in [7, 11) is 0. The van der Waals surface area contributed by atoms with E-state index in [1.807, 2.05) is 12.3 Å². The maximum absolute atomic E-state index is 5.44. The first-order valence-electron chi connectivity index (χ1n) is 8.74. The predicted molar refractivity (Wildman–Crippen MR) is 98.6 cm³/mol. The van der Waals surface area contributed by atoms with Gasteiger partial charge < -0.3 is 14.1 Å². The number of hydrogen-bond acceptors (Lipinski definition) is 6. The lowest BCUT2D eigenvalue weighted by molar-refractivity contribution is 0.122. The van der Waals surface area contributed by atoms with E-state index in [0.717, 1.165) is 60.3 Å². The van der Waals surface area contributed by atoms with Crippen LogP contribution in [-0.4, -0.2) is 42.0 Å². The van der Waals surface area contributed by atoms with Crippen LogP contribution in [0.15, 0.2) is 58.5 Å². The summed E-state index contributed by atoms with van der Waals surface area (Å²) in [6.45, 7) is 3.94. The highest BCUT2D eigenvalue weighted by Gasteiger charge is 2.20. The van der Waals surface area contributed by atoms with Crippen LogP contribution in [-0.2, 0) is 11.3 Å². The van der Waals surface area contributed by atoms with Crippen molar-refractivity contribution in [2.45, 2.75) is 6.54 Å². The maximum atomic E-state index is 5.44. The molecule has 0 spiro atoms. The number of fused-ring (bicyclic) bond motifs is 1. The summed E-state index contributed by atoms with van der Waals surface area (Å²) >= 11 is 0. The van der Waals surface area contributed by atoms with E-state index in [1.54, 1.807) is 6.20 Å². The summed E-state index contributed by atoms with van der Waals surface area (Å²) in [6, 6.07) is 10.5. The zero-order valence-corrected chi connectivity index (χ0v) is 14.3. The van der Waals surface area contributed by atoms with Crippen molar-refractivity contribution >= 4 is 11.5 Å². The molecular weight excluding hydrogens is 328 g/mol. The average Bonchev–Trinajstić information content (AvgIpc) is 3.38. The number of oxazole rings is 1. The summed E-state index contributed by atoms with van der Waals surface area (Å²) in [5.41, 5.74) is 5.50. The zero-order chi connectivity index (χ0) is 17.3. The molecule has 0 radical (unpaired) electrons. The normalized spacial score (nSPS) is 16.5. The number of rotatable bonds is 3. The van der Waals surface area contributed by atoms with Gasteiger partial charge in [-0.15, -0.1) is 0 Å². The summed E-state index contributed by atoms with van der Waals surface area (Å²) in [4.78, 5) is 15.6. The highest BCUT2D eigenvalue weighted by Crippen LogP contribution is 2.29. The van der Waals surface area contributed by atoms with E-state index >= 15 is 0 Å². The zero-order valence-electron chi connectivity index (χ0n) is 14.3. The van der Waals surface area contributed by atoms with Gasteiger partial charge >= 0.3 is 0 Å².